The summed E-state index contributed by atoms with van der Waals surface area (Å²) < 4.78 is 0. The van der Waals surface area contributed by atoms with Gasteiger partial charge in [0.15, 0.2) is 0 Å². The Morgan fingerprint density at radius 2 is 2.00 bits per heavy atom. The third-order valence-electron chi connectivity index (χ3n) is 2.96. The summed E-state index contributed by atoms with van der Waals surface area (Å²) >= 11 is 7.93. The summed E-state index contributed by atoms with van der Waals surface area (Å²) in [5.41, 5.74) is 0.845. The van der Waals surface area contributed by atoms with Crippen molar-refractivity contribution in [3.05, 3.63) is 58.3 Å². The number of rotatable bonds is 5. The minimum Gasteiger partial charge on any atom is -0.344 e. The molecular weight excluding hydrogens is 278 g/mol. The first kappa shape index (κ1) is 14.1. The second-order valence-electron chi connectivity index (χ2n) is 4.36. The maximum Gasteiger partial charge on any atom is 0.244 e. The van der Waals surface area contributed by atoms with E-state index in [0.29, 0.717) is 6.54 Å². The van der Waals surface area contributed by atoms with Gasteiger partial charge in [-0.25, -0.2) is 0 Å². The van der Waals surface area contributed by atoms with Gasteiger partial charge in [0.2, 0.25) is 5.91 Å². The first-order valence-electron chi connectivity index (χ1n) is 6.15. The Labute approximate surface area is 122 Å². The van der Waals surface area contributed by atoms with Crippen LogP contribution in [0.1, 0.15) is 15.8 Å². The van der Waals surface area contributed by atoms with Crippen LogP contribution in [0, 0.1) is 0 Å². The normalized spacial score (nSPS) is 12.1. The van der Waals surface area contributed by atoms with Gasteiger partial charge in [0.1, 0.15) is 5.38 Å². The monoisotopic (exact) mass is 293 g/mol. The molecule has 1 unspecified atom stereocenters. The summed E-state index contributed by atoms with van der Waals surface area (Å²) in [6.07, 6.45) is 0.873. The Morgan fingerprint density at radius 3 is 2.63 bits per heavy atom. The predicted octanol–water partition coefficient (Wildman–Crippen LogP) is 3.73. The number of amides is 1. The minimum atomic E-state index is -0.602. The lowest BCUT2D eigenvalue weighted by Gasteiger charge is -2.20. The van der Waals surface area contributed by atoms with Crippen molar-refractivity contribution in [1.29, 1.82) is 0 Å². The Balaban J connectivity index is 1.91. The van der Waals surface area contributed by atoms with Gasteiger partial charge in [-0.1, -0.05) is 36.4 Å². The second-order valence-corrected chi connectivity index (χ2v) is 5.83. The highest BCUT2D eigenvalue weighted by Crippen LogP contribution is 2.22. The van der Waals surface area contributed by atoms with Crippen LogP contribution >= 0.6 is 22.9 Å². The highest BCUT2D eigenvalue weighted by Gasteiger charge is 2.20. The van der Waals surface area contributed by atoms with Crippen LogP contribution in [0.3, 0.4) is 0 Å². The summed E-state index contributed by atoms with van der Waals surface area (Å²) in [7, 11) is 1.80. The highest BCUT2D eigenvalue weighted by molar-refractivity contribution is 7.09. The Morgan fingerprint density at radius 1 is 1.26 bits per heavy atom. The summed E-state index contributed by atoms with van der Waals surface area (Å²) in [6, 6.07) is 13.6. The molecule has 1 heterocycles. The maximum atomic E-state index is 12.2. The lowest BCUT2D eigenvalue weighted by Crippen LogP contribution is -2.31. The number of thiophene rings is 1. The fourth-order valence-corrected chi connectivity index (χ4v) is 2.81. The Bertz CT molecular complexity index is 512. The summed E-state index contributed by atoms with van der Waals surface area (Å²) in [5.74, 6) is -0.0515. The van der Waals surface area contributed by atoms with Crippen molar-refractivity contribution in [3.8, 4) is 0 Å². The predicted molar refractivity (Wildman–Crippen MR) is 80.7 cm³/mol. The van der Waals surface area contributed by atoms with Gasteiger partial charge in [-0.2, -0.15) is 0 Å². The number of hydrogen-bond donors (Lipinski definition) is 0. The standard InChI is InChI=1S/C15H16ClNOS/c1-17(10-9-13-8-5-11-19-13)15(18)14(16)12-6-3-2-4-7-12/h2-8,11,14H,9-10H2,1H3. The minimum absolute atomic E-state index is 0.0515. The molecule has 1 amide bonds. The zero-order chi connectivity index (χ0) is 13.7. The lowest BCUT2D eigenvalue weighted by molar-refractivity contribution is -0.129. The van der Waals surface area contributed by atoms with E-state index in [1.54, 1.807) is 23.3 Å². The van der Waals surface area contributed by atoms with E-state index in [0.717, 1.165) is 12.0 Å². The molecule has 0 radical (unpaired) electrons. The van der Waals surface area contributed by atoms with Crippen LogP contribution in [-0.4, -0.2) is 24.4 Å². The average molecular weight is 294 g/mol. The zero-order valence-electron chi connectivity index (χ0n) is 10.8. The second kappa shape index (κ2) is 6.73. The van der Waals surface area contributed by atoms with E-state index in [4.69, 9.17) is 11.6 Å². The third kappa shape index (κ3) is 3.82. The molecule has 1 aromatic carbocycles. The van der Waals surface area contributed by atoms with Crippen LogP contribution in [0.25, 0.3) is 0 Å². The molecule has 0 fully saturated rings. The number of carbonyl (C=O) groups excluding carboxylic acids is 1. The van der Waals surface area contributed by atoms with Gasteiger partial charge in [-0.05, 0) is 23.4 Å². The first-order valence-corrected chi connectivity index (χ1v) is 7.46. The van der Waals surface area contributed by atoms with Crippen molar-refractivity contribution in [2.75, 3.05) is 13.6 Å². The highest BCUT2D eigenvalue weighted by atomic mass is 35.5. The van der Waals surface area contributed by atoms with Gasteiger partial charge < -0.3 is 4.90 Å². The molecule has 0 bridgehead atoms. The van der Waals surface area contributed by atoms with Crippen molar-refractivity contribution in [3.63, 3.8) is 0 Å². The number of alkyl halides is 1. The SMILES string of the molecule is CN(CCc1cccs1)C(=O)C(Cl)c1ccccc1. The van der Waals surface area contributed by atoms with Gasteiger partial charge in [-0.3, -0.25) is 4.79 Å². The largest absolute Gasteiger partial charge is 0.344 e. The molecule has 1 atom stereocenters. The molecule has 2 nitrogen and oxygen atoms in total. The number of nitrogens with zero attached hydrogens (tertiary/aromatic N) is 1. The van der Waals surface area contributed by atoms with E-state index >= 15 is 0 Å². The van der Waals surface area contributed by atoms with Crippen LogP contribution in [0.2, 0.25) is 0 Å². The first-order chi connectivity index (χ1) is 9.18. The third-order valence-corrected chi connectivity index (χ3v) is 4.33. The summed E-state index contributed by atoms with van der Waals surface area (Å²) in [4.78, 5) is 15.2. The molecule has 100 valence electrons. The van der Waals surface area contributed by atoms with Crippen LogP contribution in [-0.2, 0) is 11.2 Å². The summed E-state index contributed by atoms with van der Waals surface area (Å²) in [6.45, 7) is 0.690. The molecule has 0 spiro atoms. The molecule has 0 aliphatic rings. The van der Waals surface area contributed by atoms with Gasteiger partial charge in [0.05, 0.1) is 0 Å². The smallest absolute Gasteiger partial charge is 0.244 e. The Hall–Kier alpha value is -1.32. The van der Waals surface area contributed by atoms with E-state index in [1.807, 2.05) is 41.8 Å². The van der Waals surface area contributed by atoms with E-state index < -0.39 is 5.38 Å². The number of hydrogen-bond acceptors (Lipinski definition) is 2. The van der Waals surface area contributed by atoms with Crippen LogP contribution < -0.4 is 0 Å². The zero-order valence-corrected chi connectivity index (χ0v) is 12.3. The van der Waals surface area contributed by atoms with Crippen LogP contribution in [0.4, 0.5) is 0 Å². The molecule has 0 aliphatic heterocycles. The van der Waals surface area contributed by atoms with Crippen molar-refractivity contribution >= 4 is 28.8 Å². The molecule has 2 rings (SSSR count). The van der Waals surface area contributed by atoms with E-state index in [-0.39, 0.29) is 5.91 Å². The van der Waals surface area contributed by atoms with Crippen molar-refractivity contribution in [2.45, 2.75) is 11.8 Å². The van der Waals surface area contributed by atoms with Gasteiger partial charge >= 0.3 is 0 Å². The maximum absolute atomic E-state index is 12.2. The van der Waals surface area contributed by atoms with Gasteiger partial charge in [0, 0.05) is 18.5 Å². The average Bonchev–Trinajstić information content (AvgIpc) is 2.97. The topological polar surface area (TPSA) is 20.3 Å². The van der Waals surface area contributed by atoms with Gasteiger partial charge in [-0.15, -0.1) is 22.9 Å². The van der Waals surface area contributed by atoms with Gasteiger partial charge in [0.25, 0.3) is 0 Å². The molecule has 1 aromatic heterocycles. The molecule has 0 N–H and O–H groups in total. The number of halogens is 1. The molecule has 4 heteroatoms. The number of carbonyl (C=O) groups is 1. The lowest BCUT2D eigenvalue weighted by atomic mass is 10.1. The summed E-state index contributed by atoms with van der Waals surface area (Å²) in [5, 5.41) is 1.44. The van der Waals surface area contributed by atoms with E-state index in [2.05, 4.69) is 6.07 Å². The molecule has 0 aliphatic carbocycles. The number of benzene rings is 1. The van der Waals surface area contributed by atoms with E-state index in [1.165, 1.54) is 4.88 Å². The fraction of sp³-hybridized carbons (Fsp3) is 0.267. The van der Waals surface area contributed by atoms with Crippen LogP contribution in [0.5, 0.6) is 0 Å². The van der Waals surface area contributed by atoms with Crippen molar-refractivity contribution < 1.29 is 4.79 Å². The quantitative estimate of drug-likeness (QED) is 0.769. The molecule has 2 aromatic rings. The Kier molecular flexibility index (Phi) is 5.00. The van der Waals surface area contributed by atoms with Crippen molar-refractivity contribution in [1.82, 2.24) is 4.90 Å². The molecule has 19 heavy (non-hydrogen) atoms. The van der Waals surface area contributed by atoms with Crippen molar-refractivity contribution in [2.24, 2.45) is 0 Å². The molecule has 0 saturated carbocycles. The fourth-order valence-electron chi connectivity index (χ4n) is 1.80. The molecular formula is C15H16ClNOS. The number of likely N-dealkylation sites (N-methyl/N-ethyl adjacent to an activating group) is 1. The molecule has 0 saturated heterocycles. The van der Waals surface area contributed by atoms with Crippen LogP contribution in [0.15, 0.2) is 47.8 Å². The van der Waals surface area contributed by atoms with E-state index in [9.17, 15) is 4.79 Å².